The zero-order valence-corrected chi connectivity index (χ0v) is 8.63. The number of hydrogen-bond donors (Lipinski definition) is 2. The largest absolute Gasteiger partial charge is 0.478 e. The van der Waals surface area contributed by atoms with Crippen molar-refractivity contribution in [2.45, 2.75) is 20.8 Å². The van der Waals surface area contributed by atoms with Gasteiger partial charge in [0.15, 0.2) is 0 Å². The number of nitrogens with one attached hydrogen (secondary N) is 1. The Morgan fingerprint density at radius 1 is 1.46 bits per heavy atom. The minimum Gasteiger partial charge on any atom is -0.478 e. The Morgan fingerprint density at radius 3 is 2.38 bits per heavy atom. The molecule has 0 aliphatic rings. The fourth-order valence-electron chi connectivity index (χ4n) is 0.762. The molecule has 0 rings (SSSR count). The second kappa shape index (κ2) is 5.75. The molecular formula is C10H19NO2. The second-order valence-corrected chi connectivity index (χ2v) is 3.76. The van der Waals surface area contributed by atoms with Gasteiger partial charge in [-0.2, -0.15) is 0 Å². The summed E-state index contributed by atoms with van der Waals surface area (Å²) in [5.41, 5.74) is 0.218. The molecule has 0 spiro atoms. The molecule has 76 valence electrons. The minimum absolute atomic E-state index is 0.218. The normalized spacial score (nSPS) is 12.9. The number of aliphatic carboxylic acids is 1. The van der Waals surface area contributed by atoms with Gasteiger partial charge in [0.05, 0.1) is 0 Å². The summed E-state index contributed by atoms with van der Waals surface area (Å²) in [6, 6.07) is 0. The molecule has 0 aliphatic heterocycles. The Labute approximate surface area is 79.8 Å². The lowest BCUT2D eigenvalue weighted by molar-refractivity contribution is -0.132. The van der Waals surface area contributed by atoms with E-state index in [0.29, 0.717) is 18.4 Å². The van der Waals surface area contributed by atoms with E-state index in [1.807, 2.05) is 0 Å². The predicted octanol–water partition coefficient (Wildman–Crippen LogP) is 1.51. The van der Waals surface area contributed by atoms with Crippen molar-refractivity contribution in [3.8, 4) is 0 Å². The van der Waals surface area contributed by atoms with Crippen molar-refractivity contribution in [1.29, 1.82) is 0 Å². The van der Waals surface area contributed by atoms with Crippen molar-refractivity contribution in [3.05, 3.63) is 12.2 Å². The number of hydrogen-bond acceptors (Lipinski definition) is 2. The van der Waals surface area contributed by atoms with Gasteiger partial charge >= 0.3 is 5.97 Å². The zero-order chi connectivity index (χ0) is 10.4. The van der Waals surface area contributed by atoms with E-state index < -0.39 is 5.97 Å². The van der Waals surface area contributed by atoms with Crippen LogP contribution in [0.4, 0.5) is 0 Å². The van der Waals surface area contributed by atoms with Crippen molar-refractivity contribution in [1.82, 2.24) is 5.32 Å². The predicted molar refractivity (Wildman–Crippen MR) is 53.6 cm³/mol. The summed E-state index contributed by atoms with van der Waals surface area (Å²) in [5, 5.41) is 11.6. The molecule has 1 atom stereocenters. The lowest BCUT2D eigenvalue weighted by Crippen LogP contribution is -2.27. The van der Waals surface area contributed by atoms with Gasteiger partial charge in [-0.05, 0) is 18.4 Å². The van der Waals surface area contributed by atoms with Crippen LogP contribution < -0.4 is 5.32 Å². The van der Waals surface area contributed by atoms with Crippen LogP contribution in [0.25, 0.3) is 0 Å². The first kappa shape index (κ1) is 12.2. The summed E-state index contributed by atoms with van der Waals surface area (Å²) in [6.45, 7) is 11.1. The minimum atomic E-state index is -0.926. The highest BCUT2D eigenvalue weighted by molar-refractivity contribution is 5.86. The van der Waals surface area contributed by atoms with Crippen molar-refractivity contribution in [2.75, 3.05) is 13.1 Å². The molecule has 0 radical (unpaired) electrons. The molecule has 3 nitrogen and oxygen atoms in total. The van der Waals surface area contributed by atoms with Crippen LogP contribution >= 0.6 is 0 Å². The third kappa shape index (κ3) is 5.42. The van der Waals surface area contributed by atoms with Gasteiger partial charge in [0.2, 0.25) is 0 Å². The number of carboxylic acid groups (broad SMARTS) is 1. The summed E-state index contributed by atoms with van der Waals surface area (Å²) < 4.78 is 0. The highest BCUT2D eigenvalue weighted by Gasteiger charge is 2.07. The Kier molecular flexibility index (Phi) is 5.39. The summed E-state index contributed by atoms with van der Waals surface area (Å²) in [5.74, 6) is 0.247. The number of carbonyl (C=O) groups is 1. The Hall–Kier alpha value is -0.830. The van der Waals surface area contributed by atoms with Gasteiger partial charge in [0.25, 0.3) is 0 Å². The fourth-order valence-corrected chi connectivity index (χ4v) is 0.762. The van der Waals surface area contributed by atoms with Crippen LogP contribution in [0, 0.1) is 11.8 Å². The van der Waals surface area contributed by atoms with E-state index in [4.69, 9.17) is 5.11 Å². The average Bonchev–Trinajstić information content (AvgIpc) is 2.03. The summed E-state index contributed by atoms with van der Waals surface area (Å²) in [7, 11) is 0. The fraction of sp³-hybridized carbons (Fsp3) is 0.700. The highest BCUT2D eigenvalue weighted by Crippen LogP contribution is 2.07. The molecule has 1 unspecified atom stereocenters. The molecule has 2 N–H and O–H groups in total. The van der Waals surface area contributed by atoms with E-state index in [2.05, 4.69) is 32.7 Å². The van der Waals surface area contributed by atoms with E-state index in [-0.39, 0.29) is 5.57 Å². The first-order valence-corrected chi connectivity index (χ1v) is 4.57. The summed E-state index contributed by atoms with van der Waals surface area (Å²) in [4.78, 5) is 10.4. The molecule has 0 amide bonds. The zero-order valence-electron chi connectivity index (χ0n) is 8.63. The van der Waals surface area contributed by atoms with Gasteiger partial charge in [-0.15, -0.1) is 0 Å². The molecule has 0 aliphatic carbocycles. The van der Waals surface area contributed by atoms with E-state index in [1.165, 1.54) is 0 Å². The monoisotopic (exact) mass is 185 g/mol. The quantitative estimate of drug-likeness (QED) is 0.617. The molecule has 0 saturated heterocycles. The van der Waals surface area contributed by atoms with Gasteiger partial charge < -0.3 is 10.4 Å². The Balaban J connectivity index is 3.56. The smallest absolute Gasteiger partial charge is 0.332 e. The Bertz CT molecular complexity index is 187. The molecule has 0 aromatic rings. The molecule has 0 saturated carbocycles. The first-order chi connectivity index (χ1) is 5.95. The van der Waals surface area contributed by atoms with Gasteiger partial charge in [-0.1, -0.05) is 27.4 Å². The molecule has 0 fully saturated rings. The maximum Gasteiger partial charge on any atom is 0.332 e. The molecule has 0 heterocycles. The molecule has 0 aromatic heterocycles. The summed E-state index contributed by atoms with van der Waals surface area (Å²) >= 11 is 0. The van der Waals surface area contributed by atoms with Gasteiger partial charge in [-0.25, -0.2) is 4.79 Å². The van der Waals surface area contributed by atoms with Gasteiger partial charge in [-0.3, -0.25) is 0 Å². The average molecular weight is 185 g/mol. The molecule has 13 heavy (non-hydrogen) atoms. The van der Waals surface area contributed by atoms with Crippen molar-refractivity contribution >= 4 is 5.97 Å². The molecular weight excluding hydrogens is 166 g/mol. The van der Waals surface area contributed by atoms with E-state index in [1.54, 1.807) is 0 Å². The maximum absolute atomic E-state index is 10.4. The molecule has 0 aromatic carbocycles. The van der Waals surface area contributed by atoms with Crippen LogP contribution in [0.2, 0.25) is 0 Å². The Morgan fingerprint density at radius 2 is 2.00 bits per heavy atom. The molecule has 3 heteroatoms. The van der Waals surface area contributed by atoms with Crippen LogP contribution in [0.15, 0.2) is 12.2 Å². The van der Waals surface area contributed by atoms with Gasteiger partial charge in [0, 0.05) is 12.1 Å². The van der Waals surface area contributed by atoms with E-state index in [9.17, 15) is 4.79 Å². The van der Waals surface area contributed by atoms with Gasteiger partial charge in [0.1, 0.15) is 0 Å². The standard InChI is InChI=1S/C10H19NO2/c1-7(2)8(3)5-11-6-9(4)10(12)13/h7-8,11H,4-6H2,1-3H3,(H,12,13). The van der Waals surface area contributed by atoms with Crippen LogP contribution in [-0.4, -0.2) is 24.2 Å². The lowest BCUT2D eigenvalue weighted by atomic mass is 9.98. The van der Waals surface area contributed by atoms with Crippen LogP contribution in [0.1, 0.15) is 20.8 Å². The second-order valence-electron chi connectivity index (χ2n) is 3.76. The van der Waals surface area contributed by atoms with Crippen LogP contribution in [0.3, 0.4) is 0 Å². The third-order valence-corrected chi connectivity index (χ3v) is 2.25. The van der Waals surface area contributed by atoms with E-state index in [0.717, 1.165) is 6.54 Å². The van der Waals surface area contributed by atoms with E-state index >= 15 is 0 Å². The first-order valence-electron chi connectivity index (χ1n) is 4.57. The number of carboxylic acids is 1. The molecule has 0 bridgehead atoms. The topological polar surface area (TPSA) is 49.3 Å². The van der Waals surface area contributed by atoms with Crippen LogP contribution in [0.5, 0.6) is 0 Å². The summed E-state index contributed by atoms with van der Waals surface area (Å²) in [6.07, 6.45) is 0. The number of rotatable bonds is 6. The van der Waals surface area contributed by atoms with Crippen molar-refractivity contribution in [2.24, 2.45) is 11.8 Å². The van der Waals surface area contributed by atoms with Crippen molar-refractivity contribution in [3.63, 3.8) is 0 Å². The lowest BCUT2D eigenvalue weighted by Gasteiger charge is -2.15. The third-order valence-electron chi connectivity index (χ3n) is 2.25. The maximum atomic E-state index is 10.4. The SMILES string of the molecule is C=C(CNCC(C)C(C)C)C(=O)O. The van der Waals surface area contributed by atoms with Crippen molar-refractivity contribution < 1.29 is 9.90 Å². The highest BCUT2D eigenvalue weighted by atomic mass is 16.4. The van der Waals surface area contributed by atoms with Crippen LogP contribution in [-0.2, 0) is 4.79 Å².